The number of nitrogens with one attached hydrogen (secondary N) is 2. The van der Waals surface area contributed by atoms with Crippen LogP contribution in [0.3, 0.4) is 0 Å². The number of amides is 1. The Morgan fingerprint density at radius 2 is 1.59 bits per heavy atom. The molecule has 6 nitrogen and oxygen atoms in total. The molecule has 0 heterocycles. The molecule has 10 heteroatoms. The number of benzene rings is 3. The quantitative estimate of drug-likeness (QED) is 0.391. The number of carbonyl (C=O) groups excluding carboxylic acids is 1. The number of hydrogen-bond donors (Lipinski definition) is 2. The second kappa shape index (κ2) is 10.6. The number of nitriles is 1. The highest BCUT2D eigenvalue weighted by Gasteiger charge is 2.35. The fourth-order valence-electron chi connectivity index (χ4n) is 3.53. The van der Waals surface area contributed by atoms with E-state index in [9.17, 15) is 26.4 Å². The van der Waals surface area contributed by atoms with E-state index in [1.165, 1.54) is 36.4 Å². The molecule has 0 aliphatic carbocycles. The van der Waals surface area contributed by atoms with Crippen molar-refractivity contribution in [1.82, 2.24) is 4.72 Å². The van der Waals surface area contributed by atoms with E-state index in [1.54, 1.807) is 57.2 Å². The minimum atomic E-state index is -4.83. The highest BCUT2D eigenvalue weighted by molar-refractivity contribution is 7.89. The Bertz CT molecular complexity index is 1480. The SMILES string of the molecule is CC(C)(C)NS(=O)(=O)c1ccccc1-c1ccc(NC(=O)/C=C(\c2cccc(C#N)c2)C(F)(F)F)cc1. The Morgan fingerprint density at radius 3 is 2.19 bits per heavy atom. The van der Waals surface area contributed by atoms with Crippen LogP contribution in [0.2, 0.25) is 0 Å². The van der Waals surface area contributed by atoms with Gasteiger partial charge in [0.25, 0.3) is 0 Å². The molecule has 3 aromatic rings. The van der Waals surface area contributed by atoms with E-state index in [0.29, 0.717) is 17.2 Å². The maximum atomic E-state index is 13.6. The van der Waals surface area contributed by atoms with Gasteiger partial charge in [0, 0.05) is 22.9 Å². The summed E-state index contributed by atoms with van der Waals surface area (Å²) in [5.74, 6) is -1.01. The normalized spacial score (nSPS) is 12.6. The van der Waals surface area contributed by atoms with Crippen LogP contribution in [0.4, 0.5) is 18.9 Å². The summed E-state index contributed by atoms with van der Waals surface area (Å²) >= 11 is 0. The Hall–Kier alpha value is -3.94. The van der Waals surface area contributed by atoms with Gasteiger partial charge in [0.1, 0.15) is 0 Å². The zero-order valence-electron chi connectivity index (χ0n) is 20.2. The summed E-state index contributed by atoms with van der Waals surface area (Å²) < 4.78 is 69.3. The Morgan fingerprint density at radius 1 is 0.946 bits per heavy atom. The number of carbonyl (C=O) groups is 1. The molecule has 0 atom stereocenters. The van der Waals surface area contributed by atoms with E-state index < -0.39 is 33.2 Å². The number of hydrogen-bond acceptors (Lipinski definition) is 4. The standard InChI is InChI=1S/C27H24F3N3O3S/c1-26(2,3)33-37(35,36)24-10-5-4-9-22(24)19-11-13-21(14-12-19)32-25(34)16-23(27(28,29)30)20-8-6-7-18(15-20)17-31/h4-16,33H,1-3H3,(H,32,34)/b23-16+. The van der Waals surface area contributed by atoms with Crippen LogP contribution in [0.25, 0.3) is 16.7 Å². The number of allylic oxidation sites excluding steroid dienone is 1. The van der Waals surface area contributed by atoms with Gasteiger partial charge in [-0.15, -0.1) is 0 Å². The van der Waals surface area contributed by atoms with Crippen molar-refractivity contribution in [2.75, 3.05) is 5.32 Å². The fourth-order valence-corrected chi connectivity index (χ4v) is 5.17. The number of rotatable bonds is 6. The third-order valence-corrected chi connectivity index (χ3v) is 6.78. The van der Waals surface area contributed by atoms with E-state index in [4.69, 9.17) is 5.26 Å². The molecule has 0 bridgehead atoms. The molecule has 0 aliphatic heterocycles. The van der Waals surface area contributed by atoms with Gasteiger partial charge < -0.3 is 5.32 Å². The van der Waals surface area contributed by atoms with Crippen molar-refractivity contribution >= 4 is 27.2 Å². The number of alkyl halides is 3. The smallest absolute Gasteiger partial charge is 0.322 e. The van der Waals surface area contributed by atoms with E-state index in [1.807, 2.05) is 0 Å². The molecular weight excluding hydrogens is 503 g/mol. The molecule has 0 unspecified atom stereocenters. The summed E-state index contributed by atoms with van der Waals surface area (Å²) in [6.07, 6.45) is -4.39. The van der Waals surface area contributed by atoms with Crippen LogP contribution in [0.1, 0.15) is 31.9 Å². The topological polar surface area (TPSA) is 99.1 Å². The summed E-state index contributed by atoms with van der Waals surface area (Å²) in [5.41, 5.74) is -0.989. The predicted octanol–water partition coefficient (Wildman–Crippen LogP) is 5.89. The average molecular weight is 528 g/mol. The van der Waals surface area contributed by atoms with Crippen molar-refractivity contribution in [3.63, 3.8) is 0 Å². The van der Waals surface area contributed by atoms with Crippen molar-refractivity contribution in [2.45, 2.75) is 37.4 Å². The first-order chi connectivity index (χ1) is 17.2. The largest absolute Gasteiger partial charge is 0.417 e. The van der Waals surface area contributed by atoms with Crippen molar-refractivity contribution < 1.29 is 26.4 Å². The van der Waals surface area contributed by atoms with Crippen molar-refractivity contribution in [3.05, 3.63) is 90.0 Å². The second-order valence-corrected chi connectivity index (χ2v) is 10.8. The van der Waals surface area contributed by atoms with Crippen LogP contribution in [0.5, 0.6) is 0 Å². The van der Waals surface area contributed by atoms with Crippen LogP contribution in [-0.4, -0.2) is 26.0 Å². The minimum Gasteiger partial charge on any atom is -0.322 e. The lowest BCUT2D eigenvalue weighted by Crippen LogP contribution is -2.40. The molecule has 3 aromatic carbocycles. The van der Waals surface area contributed by atoms with E-state index >= 15 is 0 Å². The summed E-state index contributed by atoms with van der Waals surface area (Å²) in [6.45, 7) is 5.18. The molecule has 2 N–H and O–H groups in total. The van der Waals surface area contributed by atoms with E-state index in [2.05, 4.69) is 10.0 Å². The van der Waals surface area contributed by atoms with Crippen LogP contribution >= 0.6 is 0 Å². The first-order valence-electron chi connectivity index (χ1n) is 11.0. The number of sulfonamides is 1. The zero-order valence-corrected chi connectivity index (χ0v) is 21.0. The lowest BCUT2D eigenvalue weighted by Gasteiger charge is -2.21. The van der Waals surface area contributed by atoms with Gasteiger partial charge in [-0.1, -0.05) is 42.5 Å². The van der Waals surface area contributed by atoms with Gasteiger partial charge in [0.05, 0.1) is 22.1 Å². The molecule has 0 spiro atoms. The molecular formula is C27H24F3N3O3S. The van der Waals surface area contributed by atoms with Gasteiger partial charge in [0.15, 0.2) is 0 Å². The second-order valence-electron chi connectivity index (χ2n) is 9.17. The number of anilines is 1. The van der Waals surface area contributed by atoms with Gasteiger partial charge in [-0.05, 0) is 62.2 Å². The molecule has 192 valence electrons. The maximum absolute atomic E-state index is 13.6. The molecule has 1 amide bonds. The Labute approximate surface area is 213 Å². The zero-order chi connectivity index (χ0) is 27.4. The van der Waals surface area contributed by atoms with Gasteiger partial charge in [-0.2, -0.15) is 18.4 Å². The number of halogens is 3. The lowest BCUT2D eigenvalue weighted by atomic mass is 10.0. The van der Waals surface area contributed by atoms with Gasteiger partial charge >= 0.3 is 6.18 Å². The van der Waals surface area contributed by atoms with Gasteiger partial charge in [-0.25, -0.2) is 13.1 Å². The summed E-state index contributed by atoms with van der Waals surface area (Å²) in [5, 5.41) is 11.4. The highest BCUT2D eigenvalue weighted by Crippen LogP contribution is 2.34. The minimum absolute atomic E-state index is 0.0312. The lowest BCUT2D eigenvalue weighted by molar-refractivity contribution is -0.112. The first-order valence-corrected chi connectivity index (χ1v) is 12.5. The summed E-state index contributed by atoms with van der Waals surface area (Å²) in [4.78, 5) is 12.5. The maximum Gasteiger partial charge on any atom is 0.417 e. The first kappa shape index (κ1) is 27.6. The van der Waals surface area contributed by atoms with Crippen molar-refractivity contribution in [2.24, 2.45) is 0 Å². The summed E-state index contributed by atoms with van der Waals surface area (Å²) in [6, 6.07) is 19.1. The van der Waals surface area contributed by atoms with Crippen LogP contribution in [0, 0.1) is 11.3 Å². The third kappa shape index (κ3) is 7.29. The molecule has 37 heavy (non-hydrogen) atoms. The van der Waals surface area contributed by atoms with E-state index in [0.717, 1.165) is 6.07 Å². The monoisotopic (exact) mass is 527 g/mol. The fraction of sp³-hybridized carbons (Fsp3) is 0.185. The Balaban J connectivity index is 1.88. The summed E-state index contributed by atoms with van der Waals surface area (Å²) in [7, 11) is -3.84. The molecule has 0 aromatic heterocycles. The Kier molecular flexibility index (Phi) is 7.91. The van der Waals surface area contributed by atoms with Gasteiger partial charge in [-0.3, -0.25) is 4.79 Å². The van der Waals surface area contributed by atoms with Crippen LogP contribution in [-0.2, 0) is 14.8 Å². The van der Waals surface area contributed by atoms with Crippen molar-refractivity contribution in [3.8, 4) is 17.2 Å². The average Bonchev–Trinajstić information content (AvgIpc) is 2.81. The molecule has 0 saturated heterocycles. The predicted molar refractivity (Wildman–Crippen MR) is 136 cm³/mol. The van der Waals surface area contributed by atoms with Gasteiger partial charge in [0.2, 0.25) is 15.9 Å². The number of nitrogens with zero attached hydrogens (tertiary/aromatic N) is 1. The molecule has 0 saturated carbocycles. The molecule has 0 aliphatic rings. The third-order valence-electron chi connectivity index (χ3n) is 4.96. The van der Waals surface area contributed by atoms with E-state index in [-0.39, 0.29) is 21.7 Å². The molecule has 3 rings (SSSR count). The van der Waals surface area contributed by atoms with Crippen LogP contribution in [0.15, 0.2) is 83.8 Å². The van der Waals surface area contributed by atoms with Crippen molar-refractivity contribution in [1.29, 1.82) is 5.26 Å². The van der Waals surface area contributed by atoms with Crippen LogP contribution < -0.4 is 10.0 Å². The molecule has 0 fully saturated rings. The highest BCUT2D eigenvalue weighted by atomic mass is 32.2. The molecule has 0 radical (unpaired) electrons.